The van der Waals surface area contributed by atoms with Gasteiger partial charge in [-0.15, -0.1) is 21.5 Å². The van der Waals surface area contributed by atoms with Crippen molar-refractivity contribution in [3.05, 3.63) is 20.9 Å². The van der Waals surface area contributed by atoms with E-state index in [1.807, 2.05) is 6.07 Å². The molecule has 0 unspecified atom stereocenters. The lowest BCUT2D eigenvalue weighted by Crippen LogP contribution is -2.15. The highest BCUT2D eigenvalue weighted by atomic mass is 79.9. The SMILES string of the molecule is CCNCCc1nnc(-c2sccc2Br)s1. The molecule has 2 aromatic heterocycles. The fourth-order valence-electron chi connectivity index (χ4n) is 1.26. The Morgan fingerprint density at radius 2 is 2.31 bits per heavy atom. The van der Waals surface area contributed by atoms with Gasteiger partial charge in [-0.05, 0) is 33.9 Å². The molecule has 2 aromatic rings. The second-order valence-electron chi connectivity index (χ2n) is 3.20. The molecule has 0 spiro atoms. The monoisotopic (exact) mass is 317 g/mol. The Hall–Kier alpha value is -0.300. The maximum atomic E-state index is 4.22. The zero-order chi connectivity index (χ0) is 11.4. The number of hydrogen-bond acceptors (Lipinski definition) is 5. The molecule has 0 saturated carbocycles. The van der Waals surface area contributed by atoms with Gasteiger partial charge in [-0.25, -0.2) is 0 Å². The van der Waals surface area contributed by atoms with Crippen LogP contribution in [0.5, 0.6) is 0 Å². The number of hydrogen-bond donors (Lipinski definition) is 1. The third-order valence-corrected chi connectivity index (χ3v) is 5.02. The molecule has 0 aliphatic heterocycles. The van der Waals surface area contributed by atoms with Crippen LogP contribution in [0.1, 0.15) is 11.9 Å². The molecule has 6 heteroatoms. The molecule has 2 rings (SSSR count). The first-order chi connectivity index (χ1) is 7.81. The lowest BCUT2D eigenvalue weighted by molar-refractivity contribution is 0.710. The van der Waals surface area contributed by atoms with E-state index >= 15 is 0 Å². The van der Waals surface area contributed by atoms with Crippen molar-refractivity contribution in [1.29, 1.82) is 0 Å². The largest absolute Gasteiger partial charge is 0.317 e. The number of thiophene rings is 1. The minimum atomic E-state index is 0.953. The first-order valence-electron chi connectivity index (χ1n) is 5.07. The van der Waals surface area contributed by atoms with Crippen LogP contribution in [0.15, 0.2) is 15.9 Å². The molecule has 0 amide bonds. The number of halogens is 1. The molecule has 0 aliphatic rings. The average Bonchev–Trinajstić information content (AvgIpc) is 2.87. The summed E-state index contributed by atoms with van der Waals surface area (Å²) >= 11 is 6.88. The van der Waals surface area contributed by atoms with Crippen LogP contribution in [0.3, 0.4) is 0 Å². The topological polar surface area (TPSA) is 37.8 Å². The van der Waals surface area contributed by atoms with Crippen molar-refractivity contribution in [2.75, 3.05) is 13.1 Å². The van der Waals surface area contributed by atoms with Gasteiger partial charge < -0.3 is 5.32 Å². The molecule has 0 saturated heterocycles. The van der Waals surface area contributed by atoms with Crippen LogP contribution in [0.2, 0.25) is 0 Å². The number of likely N-dealkylation sites (N-methyl/N-ethyl adjacent to an activating group) is 1. The quantitative estimate of drug-likeness (QED) is 0.861. The summed E-state index contributed by atoms with van der Waals surface area (Å²) in [5, 5.41) is 15.9. The van der Waals surface area contributed by atoms with Crippen molar-refractivity contribution in [2.24, 2.45) is 0 Å². The van der Waals surface area contributed by atoms with E-state index in [1.165, 1.54) is 4.88 Å². The molecule has 86 valence electrons. The summed E-state index contributed by atoms with van der Waals surface area (Å²) in [7, 11) is 0. The van der Waals surface area contributed by atoms with Gasteiger partial charge in [-0.1, -0.05) is 18.3 Å². The first kappa shape index (κ1) is 12.2. The lowest BCUT2D eigenvalue weighted by atomic mass is 10.4. The highest BCUT2D eigenvalue weighted by Gasteiger charge is 2.10. The van der Waals surface area contributed by atoms with Gasteiger partial charge in [0.25, 0.3) is 0 Å². The summed E-state index contributed by atoms with van der Waals surface area (Å²) in [4.78, 5) is 1.17. The van der Waals surface area contributed by atoms with Crippen LogP contribution in [0.25, 0.3) is 9.88 Å². The van der Waals surface area contributed by atoms with Gasteiger partial charge in [0.1, 0.15) is 5.01 Å². The van der Waals surface area contributed by atoms with Gasteiger partial charge >= 0.3 is 0 Å². The lowest BCUT2D eigenvalue weighted by Gasteiger charge is -1.95. The fraction of sp³-hybridized carbons (Fsp3) is 0.400. The van der Waals surface area contributed by atoms with E-state index in [0.29, 0.717) is 0 Å². The normalized spacial score (nSPS) is 10.9. The third-order valence-electron chi connectivity index (χ3n) is 2.04. The minimum absolute atomic E-state index is 0.953. The van der Waals surface area contributed by atoms with E-state index in [1.54, 1.807) is 22.7 Å². The highest BCUT2D eigenvalue weighted by molar-refractivity contribution is 9.10. The average molecular weight is 318 g/mol. The van der Waals surface area contributed by atoms with E-state index < -0.39 is 0 Å². The fourth-order valence-corrected chi connectivity index (χ4v) is 3.90. The number of nitrogens with zero attached hydrogens (tertiary/aromatic N) is 2. The summed E-state index contributed by atoms with van der Waals surface area (Å²) in [6.07, 6.45) is 0.953. The Balaban J connectivity index is 2.05. The van der Waals surface area contributed by atoms with Gasteiger partial charge in [0.05, 0.1) is 4.88 Å². The predicted octanol–water partition coefficient (Wildman–Crippen LogP) is 3.18. The molecule has 1 N–H and O–H groups in total. The molecule has 0 radical (unpaired) electrons. The maximum absolute atomic E-state index is 4.22. The van der Waals surface area contributed by atoms with Crippen LogP contribution in [-0.2, 0) is 6.42 Å². The second kappa shape index (κ2) is 5.86. The van der Waals surface area contributed by atoms with E-state index in [4.69, 9.17) is 0 Å². The molecule has 0 bridgehead atoms. The van der Waals surface area contributed by atoms with Crippen molar-refractivity contribution in [3.63, 3.8) is 0 Å². The Labute approximate surface area is 111 Å². The number of aromatic nitrogens is 2. The van der Waals surface area contributed by atoms with Crippen molar-refractivity contribution in [3.8, 4) is 9.88 Å². The van der Waals surface area contributed by atoms with E-state index in [9.17, 15) is 0 Å². The van der Waals surface area contributed by atoms with Crippen LogP contribution in [0, 0.1) is 0 Å². The van der Waals surface area contributed by atoms with Crippen LogP contribution in [-0.4, -0.2) is 23.3 Å². The van der Waals surface area contributed by atoms with Crippen molar-refractivity contribution in [1.82, 2.24) is 15.5 Å². The molecular weight excluding hydrogens is 306 g/mol. The Morgan fingerprint density at radius 3 is 3.00 bits per heavy atom. The zero-order valence-electron chi connectivity index (χ0n) is 8.86. The zero-order valence-corrected chi connectivity index (χ0v) is 12.1. The molecule has 0 aliphatic carbocycles. The molecule has 2 heterocycles. The van der Waals surface area contributed by atoms with Gasteiger partial charge in [0.2, 0.25) is 0 Å². The molecule has 0 atom stereocenters. The minimum Gasteiger partial charge on any atom is -0.317 e. The molecular formula is C10H12BrN3S2. The van der Waals surface area contributed by atoms with Crippen LogP contribution >= 0.6 is 38.6 Å². The van der Waals surface area contributed by atoms with Crippen molar-refractivity contribution < 1.29 is 0 Å². The van der Waals surface area contributed by atoms with Crippen molar-refractivity contribution >= 4 is 38.6 Å². The van der Waals surface area contributed by atoms with Gasteiger partial charge in [0.15, 0.2) is 5.01 Å². The van der Waals surface area contributed by atoms with Gasteiger partial charge in [0, 0.05) is 17.4 Å². The smallest absolute Gasteiger partial charge is 0.158 e. The highest BCUT2D eigenvalue weighted by Crippen LogP contribution is 2.35. The molecule has 0 fully saturated rings. The second-order valence-corrected chi connectivity index (χ2v) is 6.03. The number of rotatable bonds is 5. The summed E-state index contributed by atoms with van der Waals surface area (Å²) < 4.78 is 1.10. The number of nitrogens with one attached hydrogen (secondary N) is 1. The van der Waals surface area contributed by atoms with E-state index in [-0.39, 0.29) is 0 Å². The van der Waals surface area contributed by atoms with Crippen LogP contribution < -0.4 is 5.32 Å². The Bertz CT molecular complexity index is 452. The molecule has 16 heavy (non-hydrogen) atoms. The summed E-state index contributed by atoms with van der Waals surface area (Å²) in [6, 6.07) is 2.04. The summed E-state index contributed by atoms with van der Waals surface area (Å²) in [5.41, 5.74) is 0. The van der Waals surface area contributed by atoms with E-state index in [2.05, 4.69) is 43.7 Å². The Kier molecular flexibility index (Phi) is 4.45. The van der Waals surface area contributed by atoms with E-state index in [0.717, 1.165) is 34.0 Å². The Morgan fingerprint density at radius 1 is 1.44 bits per heavy atom. The first-order valence-corrected chi connectivity index (χ1v) is 7.56. The summed E-state index contributed by atoms with van der Waals surface area (Å²) in [6.45, 7) is 4.08. The molecule has 0 aromatic carbocycles. The predicted molar refractivity (Wildman–Crippen MR) is 73.2 cm³/mol. The van der Waals surface area contributed by atoms with Gasteiger partial charge in [-0.3, -0.25) is 0 Å². The maximum Gasteiger partial charge on any atom is 0.158 e. The standard InChI is InChI=1S/C10H12BrN3S2/c1-2-12-5-3-8-13-14-10(16-8)9-7(11)4-6-15-9/h4,6,12H,2-3,5H2,1H3. The van der Waals surface area contributed by atoms with Gasteiger partial charge in [-0.2, -0.15) is 0 Å². The summed E-state index contributed by atoms with van der Waals surface area (Å²) in [5.74, 6) is 0. The third kappa shape index (κ3) is 2.88. The van der Waals surface area contributed by atoms with Crippen molar-refractivity contribution in [2.45, 2.75) is 13.3 Å². The van der Waals surface area contributed by atoms with Crippen LogP contribution in [0.4, 0.5) is 0 Å². The molecule has 3 nitrogen and oxygen atoms in total.